The molecule has 0 spiro atoms. The summed E-state index contributed by atoms with van der Waals surface area (Å²) in [5.41, 5.74) is -0.0134. The topological polar surface area (TPSA) is 42.2 Å². The van der Waals surface area contributed by atoms with Crippen molar-refractivity contribution in [3.63, 3.8) is 0 Å². The molecule has 0 amide bonds. The average molecular weight is 213 g/mol. The molecule has 3 nitrogen and oxygen atoms in total. The van der Waals surface area contributed by atoms with Gasteiger partial charge >= 0.3 is 0 Å². The van der Waals surface area contributed by atoms with Gasteiger partial charge in [-0.15, -0.1) is 4.33 Å². The maximum atomic E-state index is 13.0. The second kappa shape index (κ2) is 5.47. The predicted octanol–water partition coefficient (Wildman–Crippen LogP) is 2.68. The van der Waals surface area contributed by atoms with Crippen LogP contribution in [-0.4, -0.2) is 5.75 Å². The van der Waals surface area contributed by atoms with E-state index in [0.717, 1.165) is 23.9 Å². The number of hydrogen-bond donors (Lipinski definition) is 0. The van der Waals surface area contributed by atoms with Gasteiger partial charge in [0, 0.05) is 23.9 Å². The zero-order valence-corrected chi connectivity index (χ0v) is 8.31. The Hall–Kier alpha value is -1.25. The summed E-state index contributed by atoms with van der Waals surface area (Å²) >= 11 is 1.11. The Kier molecular flexibility index (Phi) is 4.23. The van der Waals surface area contributed by atoms with E-state index >= 15 is 0 Å². The van der Waals surface area contributed by atoms with E-state index in [4.69, 9.17) is 10.1 Å². The van der Waals surface area contributed by atoms with Gasteiger partial charge in [-0.1, -0.05) is 6.92 Å². The number of benzene rings is 1. The quantitative estimate of drug-likeness (QED) is 0.334. The molecule has 0 aliphatic rings. The molecule has 0 saturated carbocycles. The summed E-state index contributed by atoms with van der Waals surface area (Å²) in [5, 5.41) is 8.46. The molecule has 0 radical (unpaired) electrons. The number of nitrogens with zero attached hydrogens (tertiary/aromatic N) is 1. The molecule has 0 heterocycles. The van der Waals surface area contributed by atoms with Gasteiger partial charge in [-0.3, -0.25) is 0 Å². The van der Waals surface area contributed by atoms with Crippen LogP contribution in [0.1, 0.15) is 12.5 Å². The highest BCUT2D eigenvalue weighted by molar-refractivity contribution is 7.94. The van der Waals surface area contributed by atoms with Gasteiger partial charge < -0.3 is 4.89 Å². The molecule has 5 heteroatoms. The fourth-order valence-corrected chi connectivity index (χ4v) is 0.973. The lowest BCUT2D eigenvalue weighted by molar-refractivity contribution is -0.0778. The number of rotatable bonds is 4. The van der Waals surface area contributed by atoms with Gasteiger partial charge in [0.05, 0.1) is 5.56 Å². The Morgan fingerprint density at radius 3 is 2.93 bits per heavy atom. The van der Waals surface area contributed by atoms with Crippen LogP contribution in [0, 0.1) is 17.1 Å². The van der Waals surface area contributed by atoms with E-state index < -0.39 is 5.82 Å². The molecule has 0 aliphatic carbocycles. The molecular formula is C9H8FNO2S. The maximum Gasteiger partial charge on any atom is 0.169 e. The Labute approximate surface area is 85.6 Å². The second-order valence-corrected chi connectivity index (χ2v) is 3.26. The van der Waals surface area contributed by atoms with Gasteiger partial charge in [-0.2, -0.15) is 5.26 Å². The normalized spacial score (nSPS) is 9.50. The molecule has 0 saturated heterocycles. The first-order valence-electron chi connectivity index (χ1n) is 3.93. The molecule has 0 fully saturated rings. The first-order valence-corrected chi connectivity index (χ1v) is 4.84. The van der Waals surface area contributed by atoms with Crippen LogP contribution < -0.4 is 4.89 Å². The van der Waals surface area contributed by atoms with Gasteiger partial charge in [0.15, 0.2) is 5.75 Å². The van der Waals surface area contributed by atoms with E-state index in [1.807, 2.05) is 6.92 Å². The molecule has 0 atom stereocenters. The molecule has 0 aromatic heterocycles. The first-order chi connectivity index (χ1) is 6.77. The molecule has 0 unspecified atom stereocenters. The third-order valence-electron chi connectivity index (χ3n) is 1.36. The van der Waals surface area contributed by atoms with E-state index in [1.54, 1.807) is 6.07 Å². The van der Waals surface area contributed by atoms with Crippen LogP contribution >= 0.6 is 12.0 Å². The SMILES string of the molecule is CCSOOc1ccc(C#N)c(F)c1. The fourth-order valence-electron chi connectivity index (χ4n) is 0.750. The van der Waals surface area contributed by atoms with E-state index in [2.05, 4.69) is 4.33 Å². The predicted molar refractivity (Wildman–Crippen MR) is 51.0 cm³/mol. The highest BCUT2D eigenvalue weighted by Gasteiger charge is 2.03. The van der Waals surface area contributed by atoms with Crippen molar-refractivity contribution in [3.8, 4) is 11.8 Å². The Morgan fingerprint density at radius 1 is 1.57 bits per heavy atom. The minimum absolute atomic E-state index is 0.0134. The molecule has 0 bridgehead atoms. The van der Waals surface area contributed by atoms with Crippen molar-refractivity contribution in [1.82, 2.24) is 0 Å². The van der Waals surface area contributed by atoms with Crippen LogP contribution in [0.4, 0.5) is 4.39 Å². The zero-order valence-electron chi connectivity index (χ0n) is 7.49. The Balaban J connectivity index is 2.63. The standard InChI is InChI=1S/C9H8FNO2S/c1-2-14-13-12-8-4-3-7(6-11)9(10)5-8/h3-5H,2H2,1H3. The monoisotopic (exact) mass is 213 g/mol. The van der Waals surface area contributed by atoms with Crippen molar-refractivity contribution in [2.45, 2.75) is 6.92 Å². The summed E-state index contributed by atoms with van der Waals surface area (Å²) in [6, 6.07) is 5.63. The number of hydrogen-bond acceptors (Lipinski definition) is 4. The van der Waals surface area contributed by atoms with Crippen LogP contribution in [0.25, 0.3) is 0 Å². The van der Waals surface area contributed by atoms with Gasteiger partial charge in [0.1, 0.15) is 11.9 Å². The summed E-state index contributed by atoms with van der Waals surface area (Å²) < 4.78 is 17.7. The van der Waals surface area contributed by atoms with E-state index in [1.165, 1.54) is 12.1 Å². The van der Waals surface area contributed by atoms with Crippen molar-refractivity contribution in [2.24, 2.45) is 0 Å². The summed E-state index contributed by atoms with van der Waals surface area (Å²) in [4.78, 5) is 4.74. The summed E-state index contributed by atoms with van der Waals surface area (Å²) in [7, 11) is 0. The molecule has 74 valence electrons. The highest BCUT2D eigenvalue weighted by atomic mass is 32.2. The van der Waals surface area contributed by atoms with Gasteiger partial charge in [0.25, 0.3) is 0 Å². The fraction of sp³-hybridized carbons (Fsp3) is 0.222. The minimum atomic E-state index is -0.616. The third kappa shape index (κ3) is 2.91. The third-order valence-corrected chi connectivity index (χ3v) is 1.76. The van der Waals surface area contributed by atoms with Gasteiger partial charge in [-0.25, -0.2) is 4.39 Å². The Bertz CT molecular complexity index is 351. The van der Waals surface area contributed by atoms with Crippen LogP contribution in [0.3, 0.4) is 0 Å². The molecular weight excluding hydrogens is 205 g/mol. The second-order valence-electron chi connectivity index (χ2n) is 2.31. The van der Waals surface area contributed by atoms with Crippen molar-refractivity contribution in [3.05, 3.63) is 29.6 Å². The van der Waals surface area contributed by atoms with Crippen LogP contribution in [0.5, 0.6) is 5.75 Å². The molecule has 1 aromatic carbocycles. The van der Waals surface area contributed by atoms with E-state index in [0.29, 0.717) is 0 Å². The summed E-state index contributed by atoms with van der Waals surface area (Å²) in [6.07, 6.45) is 0. The first kappa shape index (κ1) is 10.8. The smallest absolute Gasteiger partial charge is 0.169 e. The van der Waals surface area contributed by atoms with Gasteiger partial charge in [0.2, 0.25) is 0 Å². The van der Waals surface area contributed by atoms with Crippen molar-refractivity contribution in [2.75, 3.05) is 5.75 Å². The molecule has 1 rings (SSSR count). The lowest BCUT2D eigenvalue weighted by atomic mass is 10.2. The minimum Gasteiger partial charge on any atom is -0.325 e. The molecule has 0 aliphatic heterocycles. The molecule has 14 heavy (non-hydrogen) atoms. The Morgan fingerprint density at radius 2 is 2.36 bits per heavy atom. The van der Waals surface area contributed by atoms with Crippen molar-refractivity contribution >= 4 is 12.0 Å². The van der Waals surface area contributed by atoms with Crippen molar-refractivity contribution < 1.29 is 13.6 Å². The molecule has 1 aromatic rings. The number of halogens is 1. The maximum absolute atomic E-state index is 13.0. The van der Waals surface area contributed by atoms with E-state index in [9.17, 15) is 4.39 Å². The lowest BCUT2D eigenvalue weighted by Gasteiger charge is -2.02. The molecule has 0 N–H and O–H groups in total. The van der Waals surface area contributed by atoms with E-state index in [-0.39, 0.29) is 11.3 Å². The van der Waals surface area contributed by atoms with Crippen LogP contribution in [0.2, 0.25) is 0 Å². The van der Waals surface area contributed by atoms with Crippen LogP contribution in [0.15, 0.2) is 18.2 Å². The summed E-state index contributed by atoms with van der Waals surface area (Å²) in [6.45, 7) is 1.90. The summed E-state index contributed by atoms with van der Waals surface area (Å²) in [5.74, 6) is 0.358. The zero-order chi connectivity index (χ0) is 10.4. The average Bonchev–Trinajstić information content (AvgIpc) is 2.18. The largest absolute Gasteiger partial charge is 0.325 e. The highest BCUT2D eigenvalue weighted by Crippen LogP contribution is 2.17. The van der Waals surface area contributed by atoms with Crippen LogP contribution in [-0.2, 0) is 4.33 Å². The van der Waals surface area contributed by atoms with Crippen molar-refractivity contribution in [1.29, 1.82) is 5.26 Å². The number of nitriles is 1. The van der Waals surface area contributed by atoms with Gasteiger partial charge in [-0.05, 0) is 12.1 Å². The lowest BCUT2D eigenvalue weighted by Crippen LogP contribution is -1.91.